The third kappa shape index (κ3) is 5.79. The molecule has 5 rings (SSSR count). The van der Waals surface area contributed by atoms with Crippen molar-refractivity contribution in [3.63, 3.8) is 0 Å². The lowest BCUT2D eigenvalue weighted by Crippen LogP contribution is -2.29. The molecular formula is C28H31N5O2. The molecule has 0 radical (unpaired) electrons. The highest BCUT2D eigenvalue weighted by Gasteiger charge is 2.19. The van der Waals surface area contributed by atoms with Crippen LogP contribution in [0.4, 0.5) is 11.5 Å². The number of nitrogens with one attached hydrogen (secondary N) is 1. The molecule has 7 nitrogen and oxygen atoms in total. The van der Waals surface area contributed by atoms with E-state index in [0.29, 0.717) is 42.1 Å². The van der Waals surface area contributed by atoms with E-state index in [9.17, 15) is 5.26 Å². The lowest BCUT2D eigenvalue weighted by molar-refractivity contribution is 0.0254. The van der Waals surface area contributed by atoms with E-state index in [4.69, 9.17) is 9.47 Å². The van der Waals surface area contributed by atoms with E-state index < -0.39 is 0 Å². The first-order valence-electron chi connectivity index (χ1n) is 12.4. The third-order valence-electron chi connectivity index (χ3n) is 6.85. The number of aromatic nitrogens is 2. The highest BCUT2D eigenvalue weighted by molar-refractivity contribution is 5.64. The lowest BCUT2D eigenvalue weighted by Gasteiger charge is -2.29. The summed E-state index contributed by atoms with van der Waals surface area (Å²) in [6, 6.07) is 18.3. The Kier molecular flexibility index (Phi) is 7.22. The van der Waals surface area contributed by atoms with Crippen LogP contribution in [0, 0.1) is 11.3 Å². The topological polar surface area (TPSA) is 83.3 Å². The number of hydrogen-bond donors (Lipinski definition) is 1. The predicted octanol–water partition coefficient (Wildman–Crippen LogP) is 5.13. The van der Waals surface area contributed by atoms with Crippen LogP contribution in [0.15, 0.2) is 54.7 Å². The molecule has 0 atom stereocenters. The van der Waals surface area contributed by atoms with Gasteiger partial charge in [-0.1, -0.05) is 12.1 Å². The van der Waals surface area contributed by atoms with Crippen molar-refractivity contribution >= 4 is 11.5 Å². The Hall–Kier alpha value is -3.47. The smallest absolute Gasteiger partial charge is 0.161 e. The molecule has 7 heteroatoms. The lowest BCUT2D eigenvalue weighted by atomic mass is 9.89. The molecule has 0 saturated carbocycles. The van der Waals surface area contributed by atoms with Gasteiger partial charge in [0.05, 0.1) is 18.8 Å². The maximum atomic E-state index is 9.69. The summed E-state index contributed by atoms with van der Waals surface area (Å²) in [5, 5.41) is 13.1. The van der Waals surface area contributed by atoms with Gasteiger partial charge < -0.3 is 19.7 Å². The Morgan fingerprint density at radius 1 is 1.03 bits per heavy atom. The molecule has 0 unspecified atom stereocenters. The Morgan fingerprint density at radius 3 is 2.54 bits per heavy atom. The second-order valence-electron chi connectivity index (χ2n) is 9.34. The number of ether oxygens (including phenoxy) is 2. The van der Waals surface area contributed by atoms with Crippen molar-refractivity contribution in [3.8, 4) is 23.2 Å². The van der Waals surface area contributed by atoms with Crippen LogP contribution in [0.1, 0.15) is 42.7 Å². The van der Waals surface area contributed by atoms with Crippen molar-refractivity contribution in [1.82, 2.24) is 14.9 Å². The molecule has 0 aliphatic carbocycles. The molecule has 2 fully saturated rings. The second-order valence-corrected chi connectivity index (χ2v) is 9.34. The minimum Gasteiger partial charge on any atom is -0.489 e. The van der Waals surface area contributed by atoms with Crippen molar-refractivity contribution in [2.45, 2.75) is 37.7 Å². The summed E-state index contributed by atoms with van der Waals surface area (Å²) in [4.78, 5) is 11.5. The Bertz CT molecular complexity index is 1180. The largest absolute Gasteiger partial charge is 0.489 e. The number of nitrogens with zero attached hydrogens (tertiary/aromatic N) is 4. The van der Waals surface area contributed by atoms with Crippen LogP contribution in [-0.2, 0) is 4.74 Å². The minimum atomic E-state index is 0.0799. The number of hydrogen-bond acceptors (Lipinski definition) is 7. The Balaban J connectivity index is 1.27. The SMILES string of the molecule is CN1CCC(c2ccc(Nc3ccnc(-c4ccc(OC5CCOCC5)c(C#N)c4)n3)cc2)CC1. The second kappa shape index (κ2) is 10.9. The molecule has 2 aliphatic rings. The number of benzene rings is 2. The van der Waals surface area contributed by atoms with E-state index in [0.717, 1.165) is 37.2 Å². The number of likely N-dealkylation sites (tertiary alicyclic amines) is 1. The number of piperidine rings is 1. The van der Waals surface area contributed by atoms with Crippen LogP contribution in [0.3, 0.4) is 0 Å². The fourth-order valence-electron chi connectivity index (χ4n) is 4.73. The number of nitriles is 1. The van der Waals surface area contributed by atoms with Gasteiger partial charge in [0.1, 0.15) is 23.7 Å². The molecule has 0 amide bonds. The zero-order valence-electron chi connectivity index (χ0n) is 20.1. The molecule has 2 aliphatic heterocycles. The van der Waals surface area contributed by atoms with Crippen LogP contribution in [0.5, 0.6) is 5.75 Å². The maximum Gasteiger partial charge on any atom is 0.161 e. The van der Waals surface area contributed by atoms with Crippen molar-refractivity contribution in [2.75, 3.05) is 38.7 Å². The average Bonchev–Trinajstić information content (AvgIpc) is 2.91. The van der Waals surface area contributed by atoms with Gasteiger partial charge >= 0.3 is 0 Å². The van der Waals surface area contributed by atoms with Crippen molar-refractivity contribution in [3.05, 3.63) is 65.9 Å². The Morgan fingerprint density at radius 2 is 1.80 bits per heavy atom. The Labute approximate surface area is 206 Å². The van der Waals surface area contributed by atoms with Crippen molar-refractivity contribution in [2.24, 2.45) is 0 Å². The van der Waals surface area contributed by atoms with E-state index in [1.54, 1.807) is 12.3 Å². The molecule has 1 aromatic heterocycles. The molecule has 3 heterocycles. The van der Waals surface area contributed by atoms with Gasteiger partial charge in [0.15, 0.2) is 5.82 Å². The van der Waals surface area contributed by atoms with Gasteiger partial charge in [-0.25, -0.2) is 9.97 Å². The maximum absolute atomic E-state index is 9.69. The minimum absolute atomic E-state index is 0.0799. The van der Waals surface area contributed by atoms with Gasteiger partial charge in [0.25, 0.3) is 0 Å². The zero-order valence-corrected chi connectivity index (χ0v) is 20.1. The first kappa shape index (κ1) is 23.3. The zero-order chi connectivity index (χ0) is 24.0. The van der Waals surface area contributed by atoms with Gasteiger partial charge in [-0.2, -0.15) is 5.26 Å². The van der Waals surface area contributed by atoms with Crippen molar-refractivity contribution < 1.29 is 9.47 Å². The van der Waals surface area contributed by atoms with Gasteiger partial charge in [-0.15, -0.1) is 0 Å². The summed E-state index contributed by atoms with van der Waals surface area (Å²) >= 11 is 0. The predicted molar refractivity (Wildman–Crippen MR) is 136 cm³/mol. The van der Waals surface area contributed by atoms with E-state index in [1.807, 2.05) is 18.2 Å². The first-order chi connectivity index (χ1) is 17.2. The average molecular weight is 470 g/mol. The highest BCUT2D eigenvalue weighted by Crippen LogP contribution is 2.30. The summed E-state index contributed by atoms with van der Waals surface area (Å²) in [5.41, 5.74) is 3.66. The van der Waals surface area contributed by atoms with E-state index in [1.165, 1.54) is 18.4 Å². The van der Waals surface area contributed by atoms with E-state index in [-0.39, 0.29) is 6.10 Å². The molecular weight excluding hydrogens is 438 g/mol. The molecule has 2 saturated heterocycles. The standard InChI is InChI=1S/C28H31N5O2/c1-33-14-9-21(10-15-33)20-2-5-24(6-3-20)31-27-8-13-30-28(32-27)22-4-7-26(23(18-22)19-29)35-25-11-16-34-17-12-25/h2-8,13,18,21,25H,9-12,14-17H2,1H3,(H,30,31,32). The fourth-order valence-corrected chi connectivity index (χ4v) is 4.73. The first-order valence-corrected chi connectivity index (χ1v) is 12.4. The molecule has 3 aromatic rings. The molecule has 35 heavy (non-hydrogen) atoms. The van der Waals surface area contributed by atoms with Crippen LogP contribution in [0.25, 0.3) is 11.4 Å². The highest BCUT2D eigenvalue weighted by atomic mass is 16.5. The van der Waals surface area contributed by atoms with Crippen molar-refractivity contribution in [1.29, 1.82) is 5.26 Å². The molecule has 0 spiro atoms. The van der Waals surface area contributed by atoms with Crippen LogP contribution in [-0.4, -0.2) is 54.3 Å². The molecule has 1 N–H and O–H groups in total. The van der Waals surface area contributed by atoms with Crippen LogP contribution >= 0.6 is 0 Å². The number of anilines is 2. The summed E-state index contributed by atoms with van der Waals surface area (Å²) in [7, 11) is 2.19. The van der Waals surface area contributed by atoms with Crippen LogP contribution in [0.2, 0.25) is 0 Å². The summed E-state index contributed by atoms with van der Waals surface area (Å²) in [5.74, 6) is 2.51. The fraction of sp³-hybridized carbons (Fsp3) is 0.393. The quantitative estimate of drug-likeness (QED) is 0.536. The van der Waals surface area contributed by atoms with Gasteiger partial charge in [0.2, 0.25) is 0 Å². The van der Waals surface area contributed by atoms with Gasteiger partial charge in [0, 0.05) is 30.3 Å². The summed E-state index contributed by atoms with van der Waals surface area (Å²) in [6.45, 7) is 3.70. The molecule has 0 bridgehead atoms. The van der Waals surface area contributed by atoms with E-state index in [2.05, 4.69) is 57.6 Å². The number of rotatable bonds is 6. The van der Waals surface area contributed by atoms with E-state index >= 15 is 0 Å². The van der Waals surface area contributed by atoms with Crippen LogP contribution < -0.4 is 10.1 Å². The molecule has 180 valence electrons. The third-order valence-corrected chi connectivity index (χ3v) is 6.85. The normalized spacial score (nSPS) is 17.6. The molecule has 2 aromatic carbocycles. The van der Waals surface area contributed by atoms with Gasteiger partial charge in [-0.3, -0.25) is 0 Å². The summed E-state index contributed by atoms with van der Waals surface area (Å²) < 4.78 is 11.5. The monoisotopic (exact) mass is 469 g/mol. The van der Waals surface area contributed by atoms with Gasteiger partial charge in [-0.05, 0) is 80.9 Å². The summed E-state index contributed by atoms with van der Waals surface area (Å²) in [6.07, 6.45) is 5.90.